The van der Waals surface area contributed by atoms with Crippen molar-refractivity contribution in [2.45, 2.75) is 44.6 Å². The summed E-state index contributed by atoms with van der Waals surface area (Å²) in [6.45, 7) is 3.44. The molecule has 1 aliphatic carbocycles. The van der Waals surface area contributed by atoms with E-state index in [-0.39, 0.29) is 0 Å². The maximum atomic E-state index is 10.1. The zero-order valence-corrected chi connectivity index (χ0v) is 9.61. The molecule has 1 saturated carbocycles. The van der Waals surface area contributed by atoms with Crippen molar-refractivity contribution in [1.82, 2.24) is 5.32 Å². The summed E-state index contributed by atoms with van der Waals surface area (Å²) < 4.78 is 0. The normalized spacial score (nSPS) is 22.4. The van der Waals surface area contributed by atoms with Crippen LogP contribution in [0.4, 0.5) is 0 Å². The lowest BCUT2D eigenvalue weighted by Crippen LogP contribution is -2.42. The highest BCUT2D eigenvalue weighted by atomic mass is 35.5. The van der Waals surface area contributed by atoms with E-state index >= 15 is 0 Å². The molecule has 0 aromatic rings. The van der Waals surface area contributed by atoms with Crippen LogP contribution in [0.15, 0.2) is 11.1 Å². The van der Waals surface area contributed by atoms with Crippen LogP contribution < -0.4 is 5.32 Å². The number of aliphatic hydroxyl groups is 1. The van der Waals surface area contributed by atoms with Gasteiger partial charge in [0.15, 0.2) is 0 Å². The molecule has 82 valence electrons. The predicted molar refractivity (Wildman–Crippen MR) is 60.5 cm³/mol. The van der Waals surface area contributed by atoms with Crippen molar-refractivity contribution in [2.24, 2.45) is 0 Å². The average molecular weight is 218 g/mol. The van der Waals surface area contributed by atoms with Crippen molar-refractivity contribution in [1.29, 1.82) is 0 Å². The smallest absolute Gasteiger partial charge is 0.0771 e. The first-order valence-electron chi connectivity index (χ1n) is 5.35. The van der Waals surface area contributed by atoms with Crippen molar-refractivity contribution in [3.05, 3.63) is 11.1 Å². The number of hydrogen-bond acceptors (Lipinski definition) is 2. The van der Waals surface area contributed by atoms with Crippen LogP contribution in [-0.4, -0.2) is 23.8 Å². The molecule has 2 nitrogen and oxygen atoms in total. The maximum absolute atomic E-state index is 10.1. The van der Waals surface area contributed by atoms with Gasteiger partial charge >= 0.3 is 0 Å². The summed E-state index contributed by atoms with van der Waals surface area (Å²) in [7, 11) is 0. The molecule has 2 N–H and O–H groups in total. The van der Waals surface area contributed by atoms with Gasteiger partial charge in [-0.3, -0.25) is 0 Å². The van der Waals surface area contributed by atoms with Crippen LogP contribution in [0.25, 0.3) is 0 Å². The van der Waals surface area contributed by atoms with Gasteiger partial charge in [-0.25, -0.2) is 0 Å². The van der Waals surface area contributed by atoms with Gasteiger partial charge in [-0.15, -0.1) is 0 Å². The van der Waals surface area contributed by atoms with Crippen molar-refractivity contribution >= 4 is 11.6 Å². The second-order valence-corrected chi connectivity index (χ2v) is 4.56. The Morgan fingerprint density at radius 1 is 1.43 bits per heavy atom. The van der Waals surface area contributed by atoms with E-state index in [1.807, 2.05) is 6.92 Å². The van der Waals surface area contributed by atoms with Crippen LogP contribution >= 0.6 is 11.6 Å². The highest BCUT2D eigenvalue weighted by Gasteiger charge is 2.28. The van der Waals surface area contributed by atoms with E-state index in [4.69, 9.17) is 11.6 Å². The Morgan fingerprint density at radius 3 is 2.64 bits per heavy atom. The molecule has 1 aliphatic rings. The molecule has 1 fully saturated rings. The first-order valence-corrected chi connectivity index (χ1v) is 5.79. The largest absolute Gasteiger partial charge is 0.389 e. The third-order valence-corrected chi connectivity index (χ3v) is 3.20. The summed E-state index contributed by atoms with van der Waals surface area (Å²) in [6.07, 6.45) is 5.45. The van der Waals surface area contributed by atoms with E-state index in [1.165, 1.54) is 6.42 Å². The van der Waals surface area contributed by atoms with Gasteiger partial charge in [0.2, 0.25) is 0 Å². The number of rotatable bonds is 4. The Morgan fingerprint density at radius 2 is 2.07 bits per heavy atom. The maximum Gasteiger partial charge on any atom is 0.0771 e. The summed E-state index contributed by atoms with van der Waals surface area (Å²) in [6, 6.07) is 0. The second-order valence-electron chi connectivity index (χ2n) is 4.34. The average Bonchev–Trinajstić information content (AvgIpc) is 2.18. The summed E-state index contributed by atoms with van der Waals surface area (Å²) >= 11 is 5.54. The minimum Gasteiger partial charge on any atom is -0.389 e. The van der Waals surface area contributed by atoms with Crippen LogP contribution in [0.2, 0.25) is 0 Å². The molecule has 0 heterocycles. The van der Waals surface area contributed by atoms with Crippen molar-refractivity contribution in [2.75, 3.05) is 13.1 Å². The van der Waals surface area contributed by atoms with E-state index in [2.05, 4.69) is 5.32 Å². The second kappa shape index (κ2) is 5.74. The van der Waals surface area contributed by atoms with Crippen molar-refractivity contribution in [3.63, 3.8) is 0 Å². The third kappa shape index (κ3) is 3.99. The fourth-order valence-electron chi connectivity index (χ4n) is 1.92. The standard InChI is InChI=1S/C11H20ClNO/c1-10(7-12)8-13-9-11(14)5-3-2-4-6-11/h7,13-14H,2-6,8-9H2,1H3. The Balaban J connectivity index is 2.22. The molecule has 14 heavy (non-hydrogen) atoms. The van der Waals surface area contributed by atoms with Crippen LogP contribution in [0.3, 0.4) is 0 Å². The molecule has 0 saturated heterocycles. The molecule has 1 rings (SSSR count). The fourth-order valence-corrected chi connectivity index (χ4v) is 1.99. The number of halogens is 1. The van der Waals surface area contributed by atoms with E-state index in [9.17, 15) is 5.11 Å². The first-order chi connectivity index (χ1) is 6.66. The lowest BCUT2D eigenvalue weighted by atomic mass is 9.85. The topological polar surface area (TPSA) is 32.3 Å². The Bertz CT molecular complexity index is 197. The van der Waals surface area contributed by atoms with Gasteiger partial charge in [0, 0.05) is 18.6 Å². The number of hydrogen-bond donors (Lipinski definition) is 2. The predicted octanol–water partition coefficient (Wildman–Crippen LogP) is 2.41. The van der Waals surface area contributed by atoms with Crippen molar-refractivity contribution in [3.8, 4) is 0 Å². The van der Waals surface area contributed by atoms with Gasteiger partial charge in [-0.05, 0) is 25.3 Å². The first kappa shape index (κ1) is 12.0. The summed E-state index contributed by atoms with van der Waals surface area (Å²) in [4.78, 5) is 0. The monoisotopic (exact) mass is 217 g/mol. The Kier molecular flexibility index (Phi) is 4.93. The molecule has 0 atom stereocenters. The molecule has 0 amide bonds. The van der Waals surface area contributed by atoms with E-state index in [0.29, 0.717) is 6.54 Å². The zero-order chi connectivity index (χ0) is 10.4. The molecule has 0 aromatic carbocycles. The summed E-state index contributed by atoms with van der Waals surface area (Å²) in [5, 5.41) is 13.4. The molecule has 0 spiro atoms. The minimum absolute atomic E-state index is 0.467. The van der Waals surface area contributed by atoms with Gasteiger partial charge in [0.25, 0.3) is 0 Å². The highest BCUT2D eigenvalue weighted by Crippen LogP contribution is 2.27. The van der Waals surface area contributed by atoms with Crippen molar-refractivity contribution < 1.29 is 5.11 Å². The summed E-state index contributed by atoms with van der Waals surface area (Å²) in [5.41, 5.74) is 2.22. The Hall–Kier alpha value is -0.0500. The Labute approximate surface area is 91.3 Å². The molecule has 0 aliphatic heterocycles. The van der Waals surface area contributed by atoms with E-state index < -0.39 is 5.60 Å². The van der Waals surface area contributed by atoms with Gasteiger partial charge in [-0.2, -0.15) is 0 Å². The van der Waals surface area contributed by atoms with E-state index in [1.54, 1.807) is 5.54 Å². The molecular formula is C11H20ClNO. The minimum atomic E-state index is -0.467. The quantitative estimate of drug-likeness (QED) is 0.758. The van der Waals surface area contributed by atoms with Gasteiger partial charge in [0.05, 0.1) is 5.60 Å². The van der Waals surface area contributed by atoms with E-state index in [0.717, 1.165) is 37.8 Å². The highest BCUT2D eigenvalue weighted by molar-refractivity contribution is 6.25. The molecule has 0 aromatic heterocycles. The summed E-state index contributed by atoms with van der Waals surface area (Å²) in [5.74, 6) is 0. The molecule has 0 radical (unpaired) electrons. The molecule has 3 heteroatoms. The van der Waals surface area contributed by atoms with Gasteiger partial charge < -0.3 is 10.4 Å². The van der Waals surface area contributed by atoms with Gasteiger partial charge in [0.1, 0.15) is 0 Å². The third-order valence-electron chi connectivity index (χ3n) is 2.83. The van der Waals surface area contributed by atoms with Crippen LogP contribution in [0, 0.1) is 0 Å². The molecule has 0 unspecified atom stereocenters. The lowest BCUT2D eigenvalue weighted by Gasteiger charge is -2.32. The molecular weight excluding hydrogens is 198 g/mol. The SMILES string of the molecule is CC(=CCl)CNCC1(O)CCCCC1. The van der Waals surface area contributed by atoms with Crippen LogP contribution in [0.5, 0.6) is 0 Å². The lowest BCUT2D eigenvalue weighted by molar-refractivity contribution is 0.00563. The fraction of sp³-hybridized carbons (Fsp3) is 0.818. The van der Waals surface area contributed by atoms with Crippen LogP contribution in [-0.2, 0) is 0 Å². The molecule has 0 bridgehead atoms. The van der Waals surface area contributed by atoms with Crippen LogP contribution in [0.1, 0.15) is 39.0 Å². The number of nitrogens with one attached hydrogen (secondary N) is 1. The van der Waals surface area contributed by atoms with Gasteiger partial charge in [-0.1, -0.05) is 30.9 Å². The zero-order valence-electron chi connectivity index (χ0n) is 8.85.